The fourth-order valence-corrected chi connectivity index (χ4v) is 1.98. The van der Waals surface area contributed by atoms with Crippen LogP contribution in [0.4, 0.5) is 0 Å². The SMILES string of the molecule is Cc1ccc(CC(=O)NC(CO)CC(C)C)cc1O. The normalized spacial score (nSPS) is 12.5. The Kier molecular flexibility index (Phi) is 5.83. The summed E-state index contributed by atoms with van der Waals surface area (Å²) in [5.41, 5.74) is 1.55. The van der Waals surface area contributed by atoms with Gasteiger partial charge in [0.05, 0.1) is 19.1 Å². The molecule has 19 heavy (non-hydrogen) atoms. The molecule has 0 aliphatic heterocycles. The fourth-order valence-electron chi connectivity index (χ4n) is 1.98. The highest BCUT2D eigenvalue weighted by Gasteiger charge is 2.13. The molecule has 4 nitrogen and oxygen atoms in total. The number of carbonyl (C=O) groups is 1. The van der Waals surface area contributed by atoms with Gasteiger partial charge in [-0.25, -0.2) is 0 Å². The van der Waals surface area contributed by atoms with E-state index < -0.39 is 0 Å². The number of phenols is 1. The number of amides is 1. The minimum absolute atomic E-state index is 0.0525. The molecule has 0 radical (unpaired) electrons. The predicted molar refractivity (Wildman–Crippen MR) is 75.0 cm³/mol. The van der Waals surface area contributed by atoms with Crippen LogP contribution < -0.4 is 5.32 Å². The lowest BCUT2D eigenvalue weighted by Crippen LogP contribution is -2.39. The van der Waals surface area contributed by atoms with Crippen molar-refractivity contribution in [2.45, 2.75) is 39.7 Å². The summed E-state index contributed by atoms with van der Waals surface area (Å²) in [7, 11) is 0. The Morgan fingerprint density at radius 1 is 1.37 bits per heavy atom. The van der Waals surface area contributed by atoms with E-state index in [1.54, 1.807) is 12.1 Å². The third kappa shape index (κ3) is 5.30. The largest absolute Gasteiger partial charge is 0.508 e. The van der Waals surface area contributed by atoms with Crippen molar-refractivity contribution in [3.8, 4) is 5.75 Å². The number of carbonyl (C=O) groups excluding carboxylic acids is 1. The lowest BCUT2D eigenvalue weighted by atomic mass is 10.0. The molecule has 0 bridgehead atoms. The molecule has 4 heteroatoms. The van der Waals surface area contributed by atoms with Gasteiger partial charge in [0.2, 0.25) is 5.91 Å². The number of aryl methyl sites for hydroxylation is 1. The molecule has 0 spiro atoms. The average Bonchev–Trinajstić information content (AvgIpc) is 2.32. The summed E-state index contributed by atoms with van der Waals surface area (Å²) in [5.74, 6) is 0.481. The molecule has 0 aromatic heterocycles. The van der Waals surface area contributed by atoms with Crippen molar-refractivity contribution in [3.05, 3.63) is 29.3 Å². The van der Waals surface area contributed by atoms with Gasteiger partial charge >= 0.3 is 0 Å². The maximum absolute atomic E-state index is 11.9. The summed E-state index contributed by atoms with van der Waals surface area (Å²) in [6.07, 6.45) is 0.962. The number of aromatic hydroxyl groups is 1. The summed E-state index contributed by atoms with van der Waals surface area (Å²) in [6, 6.07) is 5.01. The second-order valence-electron chi connectivity index (χ2n) is 5.37. The molecule has 0 saturated heterocycles. The van der Waals surface area contributed by atoms with Crippen LogP contribution in [0.25, 0.3) is 0 Å². The Labute approximate surface area is 114 Å². The van der Waals surface area contributed by atoms with Gasteiger partial charge in [-0.2, -0.15) is 0 Å². The topological polar surface area (TPSA) is 69.6 Å². The first-order valence-corrected chi connectivity index (χ1v) is 6.61. The number of benzene rings is 1. The molecule has 0 aliphatic rings. The highest BCUT2D eigenvalue weighted by atomic mass is 16.3. The van der Waals surface area contributed by atoms with Gasteiger partial charge in [0.25, 0.3) is 0 Å². The number of phenolic OH excluding ortho intramolecular Hbond substituents is 1. The standard InChI is InChI=1S/C15H23NO3/c1-10(2)6-13(9-17)16-15(19)8-12-5-4-11(3)14(18)7-12/h4-5,7,10,13,17-18H,6,8-9H2,1-3H3,(H,16,19). The molecule has 106 valence electrons. The molecule has 3 N–H and O–H groups in total. The van der Waals surface area contributed by atoms with Crippen molar-refractivity contribution in [2.75, 3.05) is 6.61 Å². The van der Waals surface area contributed by atoms with Gasteiger partial charge in [-0.3, -0.25) is 4.79 Å². The quantitative estimate of drug-likeness (QED) is 0.734. The summed E-state index contributed by atoms with van der Waals surface area (Å²) >= 11 is 0. The summed E-state index contributed by atoms with van der Waals surface area (Å²) in [5, 5.41) is 21.6. The molecule has 1 aromatic rings. The molecular formula is C15H23NO3. The van der Waals surface area contributed by atoms with Gasteiger partial charge < -0.3 is 15.5 Å². The number of aliphatic hydroxyl groups is 1. The highest BCUT2D eigenvalue weighted by molar-refractivity contribution is 5.79. The highest BCUT2D eigenvalue weighted by Crippen LogP contribution is 2.17. The van der Waals surface area contributed by atoms with Crippen molar-refractivity contribution in [2.24, 2.45) is 5.92 Å². The third-order valence-electron chi connectivity index (χ3n) is 2.98. The van der Waals surface area contributed by atoms with Crippen LogP contribution in [0.2, 0.25) is 0 Å². The van der Waals surface area contributed by atoms with Crippen LogP contribution in [0, 0.1) is 12.8 Å². The number of hydrogen-bond acceptors (Lipinski definition) is 3. The van der Waals surface area contributed by atoms with Gasteiger partial charge in [0, 0.05) is 0 Å². The van der Waals surface area contributed by atoms with Crippen LogP contribution in [0.15, 0.2) is 18.2 Å². The molecule has 1 rings (SSSR count). The molecule has 1 aromatic carbocycles. The molecule has 1 atom stereocenters. The zero-order valence-corrected chi connectivity index (χ0v) is 11.8. The minimum atomic E-state index is -0.202. The number of nitrogens with one attached hydrogen (secondary N) is 1. The lowest BCUT2D eigenvalue weighted by molar-refractivity contribution is -0.121. The number of hydrogen-bond donors (Lipinski definition) is 3. The van der Waals surface area contributed by atoms with Gasteiger partial charge in [0.1, 0.15) is 5.75 Å². The Balaban J connectivity index is 2.56. The number of rotatable bonds is 6. The van der Waals surface area contributed by atoms with Crippen molar-refractivity contribution in [1.82, 2.24) is 5.32 Å². The van der Waals surface area contributed by atoms with Crippen molar-refractivity contribution in [3.63, 3.8) is 0 Å². The first-order chi connectivity index (χ1) is 8.92. The average molecular weight is 265 g/mol. The van der Waals surface area contributed by atoms with Crippen LogP contribution in [-0.4, -0.2) is 28.8 Å². The van der Waals surface area contributed by atoms with Crippen LogP contribution in [0.3, 0.4) is 0 Å². The van der Waals surface area contributed by atoms with E-state index in [2.05, 4.69) is 5.32 Å². The first-order valence-electron chi connectivity index (χ1n) is 6.61. The zero-order chi connectivity index (χ0) is 14.4. The molecule has 0 heterocycles. The Morgan fingerprint density at radius 3 is 2.58 bits per heavy atom. The maximum atomic E-state index is 11.9. The summed E-state index contributed by atoms with van der Waals surface area (Å²) < 4.78 is 0. The lowest BCUT2D eigenvalue weighted by Gasteiger charge is -2.18. The monoisotopic (exact) mass is 265 g/mol. The molecule has 0 fully saturated rings. The van der Waals surface area contributed by atoms with E-state index in [0.29, 0.717) is 5.92 Å². The Morgan fingerprint density at radius 2 is 2.05 bits per heavy atom. The summed E-state index contributed by atoms with van der Waals surface area (Å²) in [6.45, 7) is 5.85. The first kappa shape index (κ1) is 15.5. The van der Waals surface area contributed by atoms with E-state index in [-0.39, 0.29) is 30.7 Å². The van der Waals surface area contributed by atoms with Crippen molar-refractivity contribution in [1.29, 1.82) is 0 Å². The van der Waals surface area contributed by atoms with Crippen molar-refractivity contribution < 1.29 is 15.0 Å². The molecule has 0 saturated carbocycles. The van der Waals surface area contributed by atoms with Crippen LogP contribution in [0.1, 0.15) is 31.4 Å². The molecule has 1 unspecified atom stereocenters. The van der Waals surface area contributed by atoms with E-state index in [1.165, 1.54) is 0 Å². The summed E-state index contributed by atoms with van der Waals surface area (Å²) in [4.78, 5) is 11.9. The minimum Gasteiger partial charge on any atom is -0.508 e. The Bertz CT molecular complexity index is 429. The molecule has 0 aliphatic carbocycles. The van der Waals surface area contributed by atoms with Crippen LogP contribution in [-0.2, 0) is 11.2 Å². The van der Waals surface area contributed by atoms with Crippen LogP contribution >= 0.6 is 0 Å². The third-order valence-corrected chi connectivity index (χ3v) is 2.98. The fraction of sp³-hybridized carbons (Fsp3) is 0.533. The van der Waals surface area contributed by atoms with E-state index in [4.69, 9.17) is 0 Å². The van der Waals surface area contributed by atoms with E-state index in [9.17, 15) is 15.0 Å². The number of aliphatic hydroxyl groups excluding tert-OH is 1. The van der Waals surface area contributed by atoms with Crippen molar-refractivity contribution >= 4 is 5.91 Å². The Hall–Kier alpha value is -1.55. The van der Waals surface area contributed by atoms with Crippen LogP contribution in [0.5, 0.6) is 5.75 Å². The smallest absolute Gasteiger partial charge is 0.224 e. The van der Waals surface area contributed by atoms with E-state index in [0.717, 1.165) is 17.5 Å². The van der Waals surface area contributed by atoms with E-state index >= 15 is 0 Å². The molecular weight excluding hydrogens is 242 g/mol. The maximum Gasteiger partial charge on any atom is 0.224 e. The predicted octanol–water partition coefficient (Wildman–Crippen LogP) is 1.77. The zero-order valence-electron chi connectivity index (χ0n) is 11.8. The molecule has 1 amide bonds. The second kappa shape index (κ2) is 7.14. The van der Waals surface area contributed by atoms with Gasteiger partial charge in [-0.15, -0.1) is 0 Å². The van der Waals surface area contributed by atoms with E-state index in [1.807, 2.05) is 26.8 Å². The second-order valence-corrected chi connectivity index (χ2v) is 5.37. The van der Waals surface area contributed by atoms with Gasteiger partial charge in [0.15, 0.2) is 0 Å². The van der Waals surface area contributed by atoms with Gasteiger partial charge in [-0.05, 0) is 36.5 Å². The van der Waals surface area contributed by atoms with Gasteiger partial charge in [-0.1, -0.05) is 26.0 Å².